The summed E-state index contributed by atoms with van der Waals surface area (Å²) >= 11 is 3.73. The minimum Gasteiger partial charge on any atom is -0.372 e. The Hall–Kier alpha value is -0.500. The molecule has 0 fully saturated rings. The summed E-state index contributed by atoms with van der Waals surface area (Å²) < 4.78 is 0. The first kappa shape index (κ1) is 14.9. The molecule has 2 rings (SSSR count). The molecule has 0 spiro atoms. The largest absolute Gasteiger partial charge is 0.372 e. The Labute approximate surface area is 126 Å². The van der Waals surface area contributed by atoms with E-state index in [1.54, 1.807) is 5.57 Å². The highest BCUT2D eigenvalue weighted by Crippen LogP contribution is 2.39. The fourth-order valence-corrected chi connectivity index (χ4v) is 3.84. The maximum Gasteiger partial charge on any atom is 0.0361 e. The maximum absolute atomic E-state index is 3.73. The van der Waals surface area contributed by atoms with E-state index < -0.39 is 0 Å². The molecule has 106 valence electrons. The monoisotopic (exact) mass is 323 g/mol. The second kappa shape index (κ2) is 6.78. The van der Waals surface area contributed by atoms with E-state index in [1.165, 1.54) is 50.0 Å². The van der Waals surface area contributed by atoms with Gasteiger partial charge in [0.1, 0.15) is 0 Å². The van der Waals surface area contributed by atoms with Crippen LogP contribution in [0.5, 0.6) is 0 Å². The van der Waals surface area contributed by atoms with Crippen molar-refractivity contribution in [1.82, 2.24) is 4.90 Å². The molecule has 0 heterocycles. The molecule has 0 radical (unpaired) electrons. The molecule has 2 atom stereocenters. The number of hydrogen-bond donors (Lipinski definition) is 0. The van der Waals surface area contributed by atoms with Crippen LogP contribution in [0.25, 0.3) is 0 Å². The molecule has 0 aromatic rings. The van der Waals surface area contributed by atoms with Crippen molar-refractivity contribution in [2.24, 2.45) is 5.92 Å². The molecule has 0 aromatic carbocycles. The zero-order valence-corrected chi connectivity index (χ0v) is 14.0. The Morgan fingerprint density at radius 1 is 1.16 bits per heavy atom. The highest BCUT2D eigenvalue weighted by atomic mass is 79.9. The lowest BCUT2D eigenvalue weighted by molar-refractivity contribution is 0.345. The van der Waals surface area contributed by atoms with Gasteiger partial charge in [0.2, 0.25) is 0 Å². The molecular weight excluding hydrogens is 298 g/mol. The van der Waals surface area contributed by atoms with Crippen molar-refractivity contribution >= 4 is 15.9 Å². The lowest BCUT2D eigenvalue weighted by Gasteiger charge is -2.35. The smallest absolute Gasteiger partial charge is 0.0361 e. The van der Waals surface area contributed by atoms with E-state index in [9.17, 15) is 0 Å². The van der Waals surface area contributed by atoms with Gasteiger partial charge in [-0.2, -0.15) is 0 Å². The first-order valence-electron chi connectivity index (χ1n) is 7.67. The molecule has 19 heavy (non-hydrogen) atoms. The van der Waals surface area contributed by atoms with Crippen molar-refractivity contribution in [2.75, 3.05) is 13.1 Å². The number of allylic oxidation sites excluding steroid dienone is 5. The van der Waals surface area contributed by atoms with E-state index in [0.29, 0.717) is 10.7 Å². The van der Waals surface area contributed by atoms with Gasteiger partial charge in [0, 0.05) is 29.5 Å². The average Bonchev–Trinajstić information content (AvgIpc) is 2.39. The van der Waals surface area contributed by atoms with E-state index in [2.05, 4.69) is 59.8 Å². The number of hydrogen-bond acceptors (Lipinski definition) is 1. The quantitative estimate of drug-likeness (QED) is 0.640. The van der Waals surface area contributed by atoms with Crippen LogP contribution in [0.15, 0.2) is 35.1 Å². The molecular formula is C17H26BrN. The van der Waals surface area contributed by atoms with Gasteiger partial charge in [-0.05, 0) is 49.8 Å². The first-order valence-corrected chi connectivity index (χ1v) is 8.58. The van der Waals surface area contributed by atoms with E-state index in [1.807, 2.05) is 0 Å². The van der Waals surface area contributed by atoms with Gasteiger partial charge in [0.05, 0.1) is 0 Å². The highest BCUT2D eigenvalue weighted by Gasteiger charge is 2.26. The molecule has 2 aliphatic rings. The van der Waals surface area contributed by atoms with Gasteiger partial charge < -0.3 is 4.90 Å². The minimum atomic E-state index is 0.570. The Morgan fingerprint density at radius 2 is 1.84 bits per heavy atom. The molecule has 2 heteroatoms. The zero-order chi connectivity index (χ0) is 13.8. The van der Waals surface area contributed by atoms with Gasteiger partial charge in [0.25, 0.3) is 0 Å². The van der Waals surface area contributed by atoms with Gasteiger partial charge in [-0.25, -0.2) is 0 Å². The summed E-state index contributed by atoms with van der Waals surface area (Å²) in [6, 6.07) is 0. The van der Waals surface area contributed by atoms with E-state index in [-0.39, 0.29) is 0 Å². The predicted octanol–water partition coefficient (Wildman–Crippen LogP) is 5.05. The van der Waals surface area contributed by atoms with Gasteiger partial charge in [-0.15, -0.1) is 0 Å². The van der Waals surface area contributed by atoms with Crippen LogP contribution in [-0.2, 0) is 0 Å². The molecule has 0 bridgehead atoms. The summed E-state index contributed by atoms with van der Waals surface area (Å²) in [5.41, 5.74) is 4.58. The highest BCUT2D eigenvalue weighted by molar-refractivity contribution is 9.09. The van der Waals surface area contributed by atoms with Crippen molar-refractivity contribution in [3.05, 3.63) is 35.1 Å². The fraction of sp³-hybridized carbons (Fsp3) is 0.647. The van der Waals surface area contributed by atoms with Crippen molar-refractivity contribution in [3.8, 4) is 0 Å². The third kappa shape index (κ3) is 3.34. The molecule has 0 N–H and O–H groups in total. The molecule has 2 unspecified atom stereocenters. The molecule has 0 saturated heterocycles. The second-order valence-corrected chi connectivity index (χ2v) is 6.88. The number of fused-ring (bicyclic) bond motifs is 1. The SMILES string of the molecule is CCCN(CCC)C1=C(C)C2CCC(Br)C=C2C=C1. The normalized spacial score (nSPS) is 26.2. The molecule has 1 nitrogen and oxygen atoms in total. The Morgan fingerprint density at radius 3 is 2.47 bits per heavy atom. The summed E-state index contributed by atoms with van der Waals surface area (Å²) in [4.78, 5) is 3.14. The van der Waals surface area contributed by atoms with Crippen LogP contribution in [0.1, 0.15) is 46.5 Å². The van der Waals surface area contributed by atoms with Crippen LogP contribution in [0.2, 0.25) is 0 Å². The van der Waals surface area contributed by atoms with E-state index >= 15 is 0 Å². The summed E-state index contributed by atoms with van der Waals surface area (Å²) in [6.45, 7) is 9.23. The molecule has 0 amide bonds. The Kier molecular flexibility index (Phi) is 5.32. The van der Waals surface area contributed by atoms with Crippen LogP contribution in [0.3, 0.4) is 0 Å². The third-order valence-electron chi connectivity index (χ3n) is 4.19. The lowest BCUT2D eigenvalue weighted by atomic mass is 9.79. The second-order valence-electron chi connectivity index (χ2n) is 5.70. The van der Waals surface area contributed by atoms with E-state index in [4.69, 9.17) is 0 Å². The standard InChI is InChI=1S/C17H26BrN/c1-4-10-19(11-5-2)17-9-6-14-12-15(18)7-8-16(14)13(17)3/h6,9,12,15-16H,4-5,7-8,10-11H2,1-3H3. The molecule has 0 saturated carbocycles. The Balaban J connectivity index is 2.24. The molecule has 0 aliphatic heterocycles. The molecule has 0 aromatic heterocycles. The predicted molar refractivity (Wildman–Crippen MR) is 87.5 cm³/mol. The molecule has 2 aliphatic carbocycles. The van der Waals surface area contributed by atoms with Gasteiger partial charge >= 0.3 is 0 Å². The topological polar surface area (TPSA) is 3.24 Å². The number of rotatable bonds is 5. The van der Waals surface area contributed by atoms with Gasteiger partial charge in [0.15, 0.2) is 0 Å². The minimum absolute atomic E-state index is 0.570. The van der Waals surface area contributed by atoms with Crippen LogP contribution in [-0.4, -0.2) is 22.8 Å². The van der Waals surface area contributed by atoms with Crippen LogP contribution in [0, 0.1) is 5.92 Å². The van der Waals surface area contributed by atoms with Crippen molar-refractivity contribution in [3.63, 3.8) is 0 Å². The average molecular weight is 324 g/mol. The zero-order valence-electron chi connectivity index (χ0n) is 12.5. The summed E-state index contributed by atoms with van der Waals surface area (Å²) in [7, 11) is 0. The summed E-state index contributed by atoms with van der Waals surface area (Å²) in [6.07, 6.45) is 12.1. The van der Waals surface area contributed by atoms with Crippen molar-refractivity contribution in [1.29, 1.82) is 0 Å². The summed E-state index contributed by atoms with van der Waals surface area (Å²) in [5, 5.41) is 0. The number of nitrogens with zero attached hydrogens (tertiary/aromatic N) is 1. The fourth-order valence-electron chi connectivity index (χ4n) is 3.27. The summed E-state index contributed by atoms with van der Waals surface area (Å²) in [5.74, 6) is 0.657. The van der Waals surface area contributed by atoms with E-state index in [0.717, 1.165) is 0 Å². The van der Waals surface area contributed by atoms with Crippen LogP contribution < -0.4 is 0 Å². The van der Waals surface area contributed by atoms with Crippen LogP contribution in [0.4, 0.5) is 0 Å². The third-order valence-corrected chi connectivity index (χ3v) is 4.92. The van der Waals surface area contributed by atoms with Gasteiger partial charge in [-0.3, -0.25) is 0 Å². The Bertz CT molecular complexity index is 399. The van der Waals surface area contributed by atoms with Gasteiger partial charge in [-0.1, -0.05) is 41.9 Å². The van der Waals surface area contributed by atoms with Crippen molar-refractivity contribution in [2.45, 2.75) is 51.3 Å². The first-order chi connectivity index (χ1) is 9.17. The van der Waals surface area contributed by atoms with Crippen molar-refractivity contribution < 1.29 is 0 Å². The number of halogens is 1. The number of alkyl halides is 1. The van der Waals surface area contributed by atoms with Crippen LogP contribution >= 0.6 is 15.9 Å². The lowest BCUT2D eigenvalue weighted by Crippen LogP contribution is -2.28. The maximum atomic E-state index is 3.73.